The zero-order valence-corrected chi connectivity index (χ0v) is 9.89. The van der Waals surface area contributed by atoms with E-state index in [-0.39, 0.29) is 0 Å². The van der Waals surface area contributed by atoms with Gasteiger partial charge in [0.1, 0.15) is 12.1 Å². The molecule has 0 aromatic heterocycles. The van der Waals surface area contributed by atoms with E-state index in [0.29, 0.717) is 12.0 Å². The monoisotopic (exact) mass is 253 g/mol. The van der Waals surface area contributed by atoms with Crippen LogP contribution in [0.5, 0.6) is 0 Å². The zero-order chi connectivity index (χ0) is 13.3. The van der Waals surface area contributed by atoms with E-state index in [1.165, 1.54) is 11.1 Å². The highest BCUT2D eigenvalue weighted by Gasteiger charge is 2.44. The maximum atomic E-state index is 11.1. The molecule has 7 heteroatoms. The smallest absolute Gasteiger partial charge is 0.246 e. The molecule has 0 spiro atoms. The predicted molar refractivity (Wildman–Crippen MR) is 62.8 cm³/mol. The second-order valence-corrected chi connectivity index (χ2v) is 4.37. The number of primary amides is 1. The van der Waals surface area contributed by atoms with E-state index in [1.807, 2.05) is 0 Å². The van der Waals surface area contributed by atoms with Crippen LogP contribution in [0.2, 0.25) is 0 Å². The Balaban J connectivity index is 2.17. The molecule has 18 heavy (non-hydrogen) atoms. The van der Waals surface area contributed by atoms with Crippen molar-refractivity contribution >= 4 is 5.91 Å². The van der Waals surface area contributed by atoms with Gasteiger partial charge in [-0.25, -0.2) is 0 Å². The molecule has 2 heterocycles. The Labute approximate surface area is 104 Å². The number of carbonyl (C=O) groups excluding carboxylic acids is 1. The number of aliphatic hydroxyl groups excluding tert-OH is 1. The fraction of sp³-hybridized carbons (Fsp3) is 0.545. The largest absolute Gasteiger partial charge is 0.386 e. The standard InChI is InChI=1S/C11H15N3O4/c1-6-8(13-17)9(15)11(18-6)14-4-2-3-7(5-14)10(12)16/h2,4-6,8-9,11,15H,3H2,1H3,(H2,12,16)/t6-,8-,9-,11-/m1/s1. The van der Waals surface area contributed by atoms with Crippen molar-refractivity contribution in [3.63, 3.8) is 0 Å². The molecule has 98 valence electrons. The maximum absolute atomic E-state index is 11.1. The van der Waals surface area contributed by atoms with Crippen LogP contribution in [0.25, 0.3) is 0 Å². The van der Waals surface area contributed by atoms with Gasteiger partial charge in [0.2, 0.25) is 5.91 Å². The lowest BCUT2D eigenvalue weighted by Gasteiger charge is -2.28. The quantitative estimate of drug-likeness (QED) is 0.678. The highest BCUT2D eigenvalue weighted by molar-refractivity contribution is 5.92. The van der Waals surface area contributed by atoms with Gasteiger partial charge < -0.3 is 20.5 Å². The third kappa shape index (κ3) is 2.14. The number of carbonyl (C=O) groups is 1. The fourth-order valence-corrected chi connectivity index (χ4v) is 2.12. The van der Waals surface area contributed by atoms with Crippen molar-refractivity contribution in [2.75, 3.05) is 0 Å². The Kier molecular flexibility index (Phi) is 3.44. The van der Waals surface area contributed by atoms with Crippen molar-refractivity contribution in [1.29, 1.82) is 0 Å². The molecule has 0 radical (unpaired) electrons. The fourth-order valence-electron chi connectivity index (χ4n) is 2.12. The summed E-state index contributed by atoms with van der Waals surface area (Å²) in [5.41, 5.74) is 5.62. The molecule has 0 unspecified atom stereocenters. The van der Waals surface area contributed by atoms with Crippen LogP contribution in [0.1, 0.15) is 13.3 Å². The molecule has 0 aliphatic carbocycles. The van der Waals surface area contributed by atoms with Gasteiger partial charge in [0.25, 0.3) is 0 Å². The van der Waals surface area contributed by atoms with Gasteiger partial charge in [0, 0.05) is 18.0 Å². The summed E-state index contributed by atoms with van der Waals surface area (Å²) in [6, 6.07) is -0.809. The van der Waals surface area contributed by atoms with Gasteiger partial charge in [0.05, 0.1) is 6.10 Å². The van der Waals surface area contributed by atoms with Crippen LogP contribution in [0.3, 0.4) is 0 Å². The average Bonchev–Trinajstić information content (AvgIpc) is 2.64. The van der Waals surface area contributed by atoms with E-state index in [0.717, 1.165) is 0 Å². The van der Waals surface area contributed by atoms with Gasteiger partial charge in [-0.05, 0) is 13.3 Å². The second-order valence-electron chi connectivity index (χ2n) is 4.37. The SMILES string of the molecule is C[C@H]1O[C@@H](N2C=CCC(C(N)=O)=C2)[C@H](O)[C@@H]1N=O. The summed E-state index contributed by atoms with van der Waals surface area (Å²) in [7, 11) is 0. The van der Waals surface area contributed by atoms with Gasteiger partial charge in [-0.15, -0.1) is 0 Å². The molecule has 0 aromatic rings. The topological polar surface area (TPSA) is 105 Å². The molecule has 1 amide bonds. The minimum Gasteiger partial charge on any atom is -0.386 e. The third-order valence-electron chi connectivity index (χ3n) is 3.13. The van der Waals surface area contributed by atoms with Crippen molar-refractivity contribution in [1.82, 2.24) is 4.90 Å². The van der Waals surface area contributed by atoms with E-state index in [9.17, 15) is 14.8 Å². The van der Waals surface area contributed by atoms with E-state index < -0.39 is 30.4 Å². The van der Waals surface area contributed by atoms with Crippen LogP contribution in [0.15, 0.2) is 29.2 Å². The Morgan fingerprint density at radius 1 is 1.67 bits per heavy atom. The summed E-state index contributed by atoms with van der Waals surface area (Å²) in [4.78, 5) is 23.3. The minimum atomic E-state index is -1.04. The van der Waals surface area contributed by atoms with Crippen LogP contribution < -0.4 is 5.73 Å². The van der Waals surface area contributed by atoms with Crippen LogP contribution >= 0.6 is 0 Å². The number of rotatable bonds is 3. The highest BCUT2D eigenvalue weighted by atomic mass is 16.5. The van der Waals surface area contributed by atoms with Gasteiger partial charge in [-0.1, -0.05) is 11.3 Å². The van der Waals surface area contributed by atoms with Gasteiger partial charge in [-0.2, -0.15) is 4.91 Å². The summed E-state index contributed by atoms with van der Waals surface area (Å²) in [5, 5.41) is 12.8. The predicted octanol–water partition coefficient (Wildman–Crippen LogP) is -0.184. The molecule has 2 rings (SSSR count). The van der Waals surface area contributed by atoms with Crippen LogP contribution in [0.4, 0.5) is 0 Å². The lowest BCUT2D eigenvalue weighted by atomic mass is 10.1. The van der Waals surface area contributed by atoms with Crippen molar-refractivity contribution in [3.8, 4) is 0 Å². The Hall–Kier alpha value is -1.73. The summed E-state index contributed by atoms with van der Waals surface area (Å²) < 4.78 is 5.48. The number of hydrogen-bond acceptors (Lipinski definition) is 6. The van der Waals surface area contributed by atoms with Gasteiger partial charge in [-0.3, -0.25) is 4.79 Å². The van der Waals surface area contributed by atoms with E-state index >= 15 is 0 Å². The molecule has 7 nitrogen and oxygen atoms in total. The summed E-state index contributed by atoms with van der Waals surface area (Å²) in [6.07, 6.45) is 3.15. The molecule has 1 fully saturated rings. The summed E-state index contributed by atoms with van der Waals surface area (Å²) >= 11 is 0. The van der Waals surface area contributed by atoms with Gasteiger partial charge in [0.15, 0.2) is 6.23 Å². The number of aliphatic hydroxyl groups is 1. The highest BCUT2D eigenvalue weighted by Crippen LogP contribution is 2.28. The molecular weight excluding hydrogens is 238 g/mol. The third-order valence-corrected chi connectivity index (χ3v) is 3.13. The second kappa shape index (κ2) is 4.87. The number of nitroso groups, excluding NO2 is 1. The Morgan fingerprint density at radius 3 is 2.94 bits per heavy atom. The molecule has 2 aliphatic heterocycles. The number of amides is 1. The van der Waals surface area contributed by atoms with Crippen molar-refractivity contribution < 1.29 is 14.6 Å². The summed E-state index contributed by atoms with van der Waals surface area (Å²) in [6.45, 7) is 1.67. The molecule has 0 aromatic carbocycles. The van der Waals surface area contributed by atoms with Crippen LogP contribution in [-0.4, -0.2) is 40.4 Å². The molecule has 0 saturated carbocycles. The van der Waals surface area contributed by atoms with Crippen molar-refractivity contribution in [2.24, 2.45) is 10.9 Å². The summed E-state index contributed by atoms with van der Waals surface area (Å²) in [5.74, 6) is -0.519. The number of allylic oxidation sites excluding steroid dienone is 1. The molecule has 1 saturated heterocycles. The first-order valence-corrected chi connectivity index (χ1v) is 5.65. The lowest BCUT2D eigenvalue weighted by molar-refractivity contribution is -0.114. The first-order chi connectivity index (χ1) is 8.54. The van der Waals surface area contributed by atoms with Crippen LogP contribution in [0, 0.1) is 4.91 Å². The normalized spacial score (nSPS) is 35.4. The molecule has 4 atom stereocenters. The van der Waals surface area contributed by atoms with Gasteiger partial charge >= 0.3 is 0 Å². The number of nitrogens with two attached hydrogens (primary N) is 1. The minimum absolute atomic E-state index is 0.420. The maximum Gasteiger partial charge on any atom is 0.246 e. The average molecular weight is 253 g/mol. The first kappa shape index (κ1) is 12.7. The first-order valence-electron chi connectivity index (χ1n) is 5.65. The number of nitrogens with zero attached hydrogens (tertiary/aromatic N) is 2. The molecule has 0 bridgehead atoms. The van der Waals surface area contributed by atoms with E-state index in [2.05, 4.69) is 5.18 Å². The number of ether oxygens (including phenoxy) is 1. The number of hydrogen-bond donors (Lipinski definition) is 2. The van der Waals surface area contributed by atoms with Crippen LogP contribution in [-0.2, 0) is 9.53 Å². The molecule has 3 N–H and O–H groups in total. The lowest BCUT2D eigenvalue weighted by Crippen LogP contribution is -2.39. The Bertz CT molecular complexity index is 421. The zero-order valence-electron chi connectivity index (χ0n) is 9.89. The molecular formula is C11H15N3O4. The van der Waals surface area contributed by atoms with Crippen molar-refractivity contribution in [3.05, 3.63) is 29.0 Å². The Morgan fingerprint density at radius 2 is 2.39 bits per heavy atom. The van der Waals surface area contributed by atoms with Crippen molar-refractivity contribution in [2.45, 2.75) is 37.8 Å². The van der Waals surface area contributed by atoms with E-state index in [1.54, 1.807) is 19.2 Å². The molecule has 2 aliphatic rings. The van der Waals surface area contributed by atoms with E-state index in [4.69, 9.17) is 10.5 Å².